The lowest BCUT2D eigenvalue weighted by atomic mass is 9.91. The third-order valence-electron chi connectivity index (χ3n) is 6.23. The molecular weight excluding hydrogens is 402 g/mol. The van der Waals surface area contributed by atoms with E-state index in [1.165, 1.54) is 24.3 Å². The van der Waals surface area contributed by atoms with Crippen LogP contribution in [0.2, 0.25) is 0 Å². The smallest absolute Gasteiger partial charge is 0.410 e. The van der Waals surface area contributed by atoms with Gasteiger partial charge in [-0.25, -0.2) is 13.6 Å². The van der Waals surface area contributed by atoms with Gasteiger partial charge in [-0.3, -0.25) is 0 Å². The van der Waals surface area contributed by atoms with E-state index in [4.69, 9.17) is 9.47 Å². The van der Waals surface area contributed by atoms with Crippen LogP contribution in [0.15, 0.2) is 48.5 Å². The molecule has 0 saturated carbocycles. The number of halogens is 2. The summed E-state index contributed by atoms with van der Waals surface area (Å²) in [6, 6.07) is 12.4. The summed E-state index contributed by atoms with van der Waals surface area (Å²) in [7, 11) is 0. The number of carbonyl (C=O) groups excluding carboxylic acids is 1. The number of rotatable bonds is 7. The molecule has 2 fully saturated rings. The second-order valence-corrected chi connectivity index (χ2v) is 8.26. The molecule has 1 amide bonds. The van der Waals surface area contributed by atoms with E-state index in [0.29, 0.717) is 19.7 Å². The number of nitrogens with zero attached hydrogens (tertiary/aromatic N) is 2. The van der Waals surface area contributed by atoms with Crippen molar-refractivity contribution in [2.75, 3.05) is 39.3 Å². The second-order valence-electron chi connectivity index (χ2n) is 8.26. The molecule has 31 heavy (non-hydrogen) atoms. The van der Waals surface area contributed by atoms with Crippen LogP contribution in [0.5, 0.6) is 0 Å². The molecule has 166 valence electrons. The fraction of sp³-hybridized carbons (Fsp3) is 0.458. The van der Waals surface area contributed by atoms with Gasteiger partial charge in [-0.15, -0.1) is 0 Å². The average molecular weight is 430 g/mol. The summed E-state index contributed by atoms with van der Waals surface area (Å²) >= 11 is 0. The fourth-order valence-electron chi connectivity index (χ4n) is 4.34. The zero-order valence-corrected chi connectivity index (χ0v) is 17.7. The lowest BCUT2D eigenvalue weighted by molar-refractivity contribution is -0.0107. The maximum Gasteiger partial charge on any atom is 0.410 e. The minimum Gasteiger partial charge on any atom is -0.441 e. The Morgan fingerprint density at radius 2 is 1.55 bits per heavy atom. The van der Waals surface area contributed by atoms with Gasteiger partial charge in [-0.1, -0.05) is 24.3 Å². The quantitative estimate of drug-likeness (QED) is 0.654. The molecule has 0 N–H and O–H groups in total. The van der Waals surface area contributed by atoms with E-state index in [1.54, 1.807) is 29.2 Å². The van der Waals surface area contributed by atoms with Gasteiger partial charge in [0.15, 0.2) is 0 Å². The van der Waals surface area contributed by atoms with Crippen LogP contribution in [0.1, 0.15) is 37.0 Å². The van der Waals surface area contributed by atoms with E-state index in [-0.39, 0.29) is 23.3 Å². The number of benzene rings is 2. The Kier molecular flexibility index (Phi) is 6.53. The number of ether oxygens (including phenoxy) is 2. The molecule has 0 atom stereocenters. The molecule has 5 nitrogen and oxygen atoms in total. The van der Waals surface area contributed by atoms with Gasteiger partial charge in [0, 0.05) is 39.0 Å². The Labute approximate surface area is 181 Å². The normalized spacial score (nSPS) is 18.7. The van der Waals surface area contributed by atoms with Crippen molar-refractivity contribution in [2.24, 2.45) is 0 Å². The SMILES string of the molecule is CCN1CC2(CCN(CCOC(c3ccc(F)cc3)c3ccc(F)cc3)CC2)OC1=O. The summed E-state index contributed by atoms with van der Waals surface area (Å²) in [4.78, 5) is 16.0. The molecule has 0 aromatic heterocycles. The van der Waals surface area contributed by atoms with E-state index < -0.39 is 6.10 Å². The van der Waals surface area contributed by atoms with Crippen LogP contribution >= 0.6 is 0 Å². The van der Waals surface area contributed by atoms with E-state index in [2.05, 4.69) is 4.90 Å². The highest BCUT2D eigenvalue weighted by atomic mass is 19.1. The first-order valence-electron chi connectivity index (χ1n) is 10.8. The number of piperidine rings is 1. The van der Waals surface area contributed by atoms with Gasteiger partial charge in [0.05, 0.1) is 13.2 Å². The van der Waals surface area contributed by atoms with Crippen LogP contribution in [0.3, 0.4) is 0 Å². The average Bonchev–Trinajstić information content (AvgIpc) is 3.09. The maximum absolute atomic E-state index is 13.4. The minimum atomic E-state index is -0.397. The van der Waals surface area contributed by atoms with Crippen molar-refractivity contribution in [1.82, 2.24) is 9.80 Å². The number of likely N-dealkylation sites (tertiary alicyclic amines) is 1. The van der Waals surface area contributed by atoms with E-state index in [1.807, 2.05) is 6.92 Å². The van der Waals surface area contributed by atoms with Crippen molar-refractivity contribution in [1.29, 1.82) is 0 Å². The van der Waals surface area contributed by atoms with Crippen LogP contribution in [-0.4, -0.2) is 60.8 Å². The number of amides is 1. The first-order valence-corrected chi connectivity index (χ1v) is 10.8. The molecule has 0 unspecified atom stereocenters. The minimum absolute atomic E-state index is 0.208. The van der Waals surface area contributed by atoms with Gasteiger partial charge in [0.25, 0.3) is 0 Å². The van der Waals surface area contributed by atoms with Crippen molar-refractivity contribution >= 4 is 6.09 Å². The first kappa shape index (κ1) is 21.7. The van der Waals surface area contributed by atoms with E-state index in [0.717, 1.165) is 43.6 Å². The predicted octanol–water partition coefficient (Wildman–Crippen LogP) is 4.38. The molecule has 7 heteroatoms. The van der Waals surface area contributed by atoms with Gasteiger partial charge in [0.2, 0.25) is 0 Å². The standard InChI is InChI=1S/C24H28F2N2O3/c1-2-28-17-24(31-23(28)29)11-13-27(14-12-24)15-16-30-22(18-3-7-20(25)8-4-18)19-5-9-21(26)10-6-19/h3-10,22H,2,11-17H2,1H3. The highest BCUT2D eigenvalue weighted by molar-refractivity contribution is 5.70. The molecular formula is C24H28F2N2O3. The largest absolute Gasteiger partial charge is 0.441 e. The monoisotopic (exact) mass is 430 g/mol. The maximum atomic E-state index is 13.4. The molecule has 2 aliphatic heterocycles. The van der Waals surface area contributed by atoms with Gasteiger partial charge in [-0.05, 0) is 42.3 Å². The van der Waals surface area contributed by atoms with Crippen molar-refractivity contribution in [2.45, 2.75) is 31.5 Å². The molecule has 0 bridgehead atoms. The molecule has 4 rings (SSSR count). The van der Waals surface area contributed by atoms with Crippen LogP contribution in [0, 0.1) is 11.6 Å². The molecule has 2 aliphatic rings. The van der Waals surface area contributed by atoms with Crippen LogP contribution in [-0.2, 0) is 9.47 Å². The van der Waals surface area contributed by atoms with E-state index >= 15 is 0 Å². The molecule has 0 radical (unpaired) electrons. The zero-order chi connectivity index (χ0) is 21.8. The Bertz CT molecular complexity index is 835. The Morgan fingerprint density at radius 3 is 2.03 bits per heavy atom. The van der Waals surface area contributed by atoms with Crippen LogP contribution in [0.25, 0.3) is 0 Å². The summed E-state index contributed by atoms with van der Waals surface area (Å²) in [6.07, 6.45) is 1.02. The number of carbonyl (C=O) groups is 1. The van der Waals surface area contributed by atoms with Crippen LogP contribution < -0.4 is 0 Å². The summed E-state index contributed by atoms with van der Waals surface area (Å²) < 4.78 is 38.6. The number of likely N-dealkylation sites (N-methyl/N-ethyl adjacent to an activating group) is 1. The topological polar surface area (TPSA) is 42.0 Å². The summed E-state index contributed by atoms with van der Waals surface area (Å²) in [5, 5.41) is 0. The van der Waals surface area contributed by atoms with Crippen molar-refractivity contribution in [3.05, 3.63) is 71.3 Å². The fourth-order valence-corrected chi connectivity index (χ4v) is 4.34. The highest BCUT2D eigenvalue weighted by Crippen LogP contribution is 2.33. The number of hydrogen-bond acceptors (Lipinski definition) is 4. The summed E-state index contributed by atoms with van der Waals surface area (Å²) in [6.45, 7) is 6.20. The lowest BCUT2D eigenvalue weighted by Gasteiger charge is -2.37. The second kappa shape index (κ2) is 9.32. The molecule has 0 aliphatic carbocycles. The number of hydrogen-bond donors (Lipinski definition) is 0. The van der Waals surface area contributed by atoms with E-state index in [9.17, 15) is 13.6 Å². The van der Waals surface area contributed by atoms with Gasteiger partial charge in [-0.2, -0.15) is 0 Å². The van der Waals surface area contributed by atoms with Crippen molar-refractivity contribution in [3.8, 4) is 0 Å². The van der Waals surface area contributed by atoms with Crippen molar-refractivity contribution in [3.63, 3.8) is 0 Å². The lowest BCUT2D eigenvalue weighted by Crippen LogP contribution is -2.47. The molecule has 2 aromatic rings. The van der Waals surface area contributed by atoms with Gasteiger partial charge >= 0.3 is 6.09 Å². The molecule has 2 saturated heterocycles. The predicted molar refractivity (Wildman–Crippen MR) is 113 cm³/mol. The Balaban J connectivity index is 1.34. The molecule has 2 heterocycles. The highest BCUT2D eigenvalue weighted by Gasteiger charge is 2.46. The van der Waals surface area contributed by atoms with Gasteiger partial charge in [0.1, 0.15) is 23.3 Å². The molecule has 2 aromatic carbocycles. The third kappa shape index (κ3) is 5.05. The van der Waals surface area contributed by atoms with Crippen molar-refractivity contribution < 1.29 is 23.0 Å². The summed E-state index contributed by atoms with van der Waals surface area (Å²) in [5.74, 6) is -0.615. The summed E-state index contributed by atoms with van der Waals surface area (Å²) in [5.41, 5.74) is 1.29. The Morgan fingerprint density at radius 1 is 1.00 bits per heavy atom. The Hall–Kier alpha value is -2.51. The van der Waals surface area contributed by atoms with Crippen LogP contribution in [0.4, 0.5) is 13.6 Å². The molecule has 1 spiro atoms. The zero-order valence-electron chi connectivity index (χ0n) is 17.7. The first-order chi connectivity index (χ1) is 15.0. The van der Waals surface area contributed by atoms with Gasteiger partial charge < -0.3 is 19.3 Å². The third-order valence-corrected chi connectivity index (χ3v) is 6.23.